The van der Waals surface area contributed by atoms with Crippen LogP contribution in [0.4, 0.5) is 5.69 Å². The number of carbonyl (C=O) groups excluding carboxylic acids is 1. The highest BCUT2D eigenvalue weighted by Gasteiger charge is 2.23. The highest BCUT2D eigenvalue weighted by atomic mass is 16.5. The van der Waals surface area contributed by atoms with Crippen molar-refractivity contribution in [2.75, 3.05) is 31.6 Å². The molecule has 5 heteroatoms. The number of hydrogen-bond acceptors (Lipinski definition) is 4. The Morgan fingerprint density at radius 2 is 1.68 bits per heavy atom. The van der Waals surface area contributed by atoms with Crippen LogP contribution >= 0.6 is 0 Å². The average Bonchev–Trinajstić information content (AvgIpc) is 2.96. The summed E-state index contributed by atoms with van der Waals surface area (Å²) in [6.45, 7) is 13.6. The van der Waals surface area contributed by atoms with Gasteiger partial charge in [0.1, 0.15) is 12.4 Å². The summed E-state index contributed by atoms with van der Waals surface area (Å²) in [6.07, 6.45) is 4.77. The quantitative estimate of drug-likeness (QED) is 0.216. The molecule has 1 atom stereocenters. The van der Waals surface area contributed by atoms with E-state index in [1.165, 1.54) is 5.56 Å². The van der Waals surface area contributed by atoms with E-state index in [1.807, 2.05) is 30.3 Å². The van der Waals surface area contributed by atoms with Gasteiger partial charge in [0, 0.05) is 31.7 Å². The molecule has 1 amide bonds. The fourth-order valence-electron chi connectivity index (χ4n) is 5.58. The first-order valence-electron chi connectivity index (χ1n) is 15.3. The molecule has 0 spiro atoms. The van der Waals surface area contributed by atoms with Crippen LogP contribution in [0.25, 0.3) is 0 Å². The van der Waals surface area contributed by atoms with Gasteiger partial charge >= 0.3 is 0 Å². The van der Waals surface area contributed by atoms with E-state index in [9.17, 15) is 4.79 Å². The molecule has 4 rings (SSSR count). The van der Waals surface area contributed by atoms with Crippen LogP contribution < -0.4 is 10.1 Å². The smallest absolute Gasteiger partial charge is 0.224 e. The van der Waals surface area contributed by atoms with E-state index >= 15 is 0 Å². The number of morpholine rings is 1. The lowest BCUT2D eigenvalue weighted by molar-refractivity contribution is -0.116. The minimum absolute atomic E-state index is 0.0541. The van der Waals surface area contributed by atoms with Crippen molar-refractivity contribution >= 4 is 11.6 Å². The molecule has 3 aromatic rings. The summed E-state index contributed by atoms with van der Waals surface area (Å²) in [5, 5.41) is 3.34. The molecule has 0 aliphatic carbocycles. The van der Waals surface area contributed by atoms with Crippen LogP contribution in [0.3, 0.4) is 0 Å². The molecule has 1 aliphatic heterocycles. The first-order valence-corrected chi connectivity index (χ1v) is 15.3. The number of amides is 1. The molecule has 1 saturated heterocycles. The zero-order valence-electron chi connectivity index (χ0n) is 25.5. The Morgan fingerprint density at radius 3 is 2.41 bits per heavy atom. The zero-order chi connectivity index (χ0) is 29.1. The maximum Gasteiger partial charge on any atom is 0.224 e. The fourth-order valence-corrected chi connectivity index (χ4v) is 5.58. The predicted molar refractivity (Wildman–Crippen MR) is 169 cm³/mol. The summed E-state index contributed by atoms with van der Waals surface area (Å²) < 4.78 is 11.8. The van der Waals surface area contributed by atoms with Crippen molar-refractivity contribution in [2.24, 2.45) is 0 Å². The molecule has 220 valence electrons. The van der Waals surface area contributed by atoms with Crippen LogP contribution in [0.2, 0.25) is 0 Å². The van der Waals surface area contributed by atoms with E-state index in [4.69, 9.17) is 9.47 Å². The average molecular weight is 557 g/mol. The SMILES string of the molecule is CCCCCC(CC(=O)Nc1cc(CN2CCOCC2)ccc1C(C)(C)C)c1ccccc1OCc1ccccc1. The largest absolute Gasteiger partial charge is 0.489 e. The third kappa shape index (κ3) is 9.44. The van der Waals surface area contributed by atoms with Gasteiger partial charge in [0.2, 0.25) is 5.91 Å². The number of unbranched alkanes of at least 4 members (excludes halogenated alkanes) is 2. The molecule has 1 fully saturated rings. The number of nitrogens with one attached hydrogen (secondary N) is 1. The van der Waals surface area contributed by atoms with Gasteiger partial charge in [-0.25, -0.2) is 0 Å². The van der Waals surface area contributed by atoms with Gasteiger partial charge in [0.05, 0.1) is 13.2 Å². The number of anilines is 1. The third-order valence-electron chi connectivity index (χ3n) is 7.86. The standard InChI is InChI=1S/C36H48N2O3/c1-5-6-8-15-30(31-16-11-12-17-34(31)41-27-28-13-9-7-10-14-28)25-35(39)37-33-24-29(18-19-32(33)36(2,3)4)26-38-20-22-40-23-21-38/h7,9-14,16-19,24,30H,5-6,8,15,20-23,25-27H2,1-4H3,(H,37,39). The van der Waals surface area contributed by atoms with Crippen LogP contribution in [0.15, 0.2) is 72.8 Å². The van der Waals surface area contributed by atoms with Crippen molar-refractivity contribution in [3.63, 3.8) is 0 Å². The lowest BCUT2D eigenvalue weighted by Crippen LogP contribution is -2.35. The summed E-state index contributed by atoms with van der Waals surface area (Å²) in [5.74, 6) is 1.01. The first kappa shape index (κ1) is 30.8. The summed E-state index contributed by atoms with van der Waals surface area (Å²) in [6, 6.07) is 25.1. The van der Waals surface area contributed by atoms with Crippen molar-refractivity contribution in [1.29, 1.82) is 0 Å². The lowest BCUT2D eigenvalue weighted by atomic mass is 9.84. The molecule has 1 N–H and O–H groups in total. The minimum atomic E-state index is -0.0848. The summed E-state index contributed by atoms with van der Waals surface area (Å²) in [4.78, 5) is 16.1. The second-order valence-electron chi connectivity index (χ2n) is 12.3. The van der Waals surface area contributed by atoms with E-state index < -0.39 is 0 Å². The zero-order valence-corrected chi connectivity index (χ0v) is 25.5. The molecule has 0 aromatic heterocycles. The van der Waals surface area contributed by atoms with Gasteiger partial charge in [-0.05, 0) is 52.1 Å². The van der Waals surface area contributed by atoms with E-state index in [-0.39, 0.29) is 17.2 Å². The number of hydrogen-bond donors (Lipinski definition) is 1. The molecule has 0 radical (unpaired) electrons. The van der Waals surface area contributed by atoms with Crippen LogP contribution in [-0.4, -0.2) is 37.1 Å². The number of nitrogens with zero attached hydrogens (tertiary/aromatic N) is 1. The summed E-state index contributed by atoms with van der Waals surface area (Å²) in [7, 11) is 0. The van der Waals surface area contributed by atoms with Gasteiger partial charge in [-0.2, -0.15) is 0 Å². The van der Waals surface area contributed by atoms with Crippen molar-refractivity contribution in [3.05, 3.63) is 95.1 Å². The van der Waals surface area contributed by atoms with Crippen LogP contribution in [0.1, 0.15) is 88.0 Å². The van der Waals surface area contributed by atoms with E-state index in [1.54, 1.807) is 0 Å². The van der Waals surface area contributed by atoms with Crippen molar-refractivity contribution in [3.8, 4) is 5.75 Å². The number of carbonyl (C=O) groups is 1. The third-order valence-corrected chi connectivity index (χ3v) is 7.86. The number of benzene rings is 3. The van der Waals surface area contributed by atoms with Gasteiger partial charge in [0.15, 0.2) is 0 Å². The van der Waals surface area contributed by atoms with E-state index in [0.29, 0.717) is 13.0 Å². The Bertz CT molecular complexity index is 1230. The molecule has 0 bridgehead atoms. The van der Waals surface area contributed by atoms with Crippen molar-refractivity contribution in [2.45, 2.75) is 84.3 Å². The second kappa shape index (κ2) is 15.2. The monoisotopic (exact) mass is 556 g/mol. The summed E-state index contributed by atoms with van der Waals surface area (Å²) in [5.41, 5.74) is 5.47. The van der Waals surface area contributed by atoms with Gasteiger partial charge in [-0.3, -0.25) is 9.69 Å². The molecule has 3 aromatic carbocycles. The van der Waals surface area contributed by atoms with Crippen molar-refractivity contribution in [1.82, 2.24) is 4.90 Å². The Morgan fingerprint density at radius 1 is 0.951 bits per heavy atom. The Balaban J connectivity index is 1.52. The van der Waals surface area contributed by atoms with Gasteiger partial charge in [-0.1, -0.05) is 108 Å². The topological polar surface area (TPSA) is 50.8 Å². The van der Waals surface area contributed by atoms with Crippen LogP contribution in [0, 0.1) is 0 Å². The molecule has 1 unspecified atom stereocenters. The molecule has 5 nitrogen and oxygen atoms in total. The summed E-state index contributed by atoms with van der Waals surface area (Å²) >= 11 is 0. The lowest BCUT2D eigenvalue weighted by Gasteiger charge is -2.28. The molecule has 1 aliphatic rings. The molecule has 0 saturated carbocycles. The van der Waals surface area contributed by atoms with Gasteiger partial charge in [0.25, 0.3) is 0 Å². The minimum Gasteiger partial charge on any atom is -0.489 e. The predicted octanol–water partition coefficient (Wildman–Crippen LogP) is 8.09. The normalized spacial score (nSPS) is 14.9. The Kier molecular flexibility index (Phi) is 11.4. The molecule has 1 heterocycles. The fraction of sp³-hybridized carbons (Fsp3) is 0.472. The number of rotatable bonds is 13. The van der Waals surface area contributed by atoms with Crippen LogP contribution in [-0.2, 0) is 28.1 Å². The molecular weight excluding hydrogens is 508 g/mol. The van der Waals surface area contributed by atoms with E-state index in [2.05, 4.69) is 80.4 Å². The van der Waals surface area contributed by atoms with E-state index in [0.717, 1.165) is 86.7 Å². The first-order chi connectivity index (χ1) is 19.8. The maximum atomic E-state index is 13.7. The highest BCUT2D eigenvalue weighted by Crippen LogP contribution is 2.35. The van der Waals surface area contributed by atoms with Crippen molar-refractivity contribution < 1.29 is 14.3 Å². The van der Waals surface area contributed by atoms with Gasteiger partial charge < -0.3 is 14.8 Å². The Labute approximate surface area is 247 Å². The Hall–Kier alpha value is -3.15. The molecular formula is C36H48N2O3. The van der Waals surface area contributed by atoms with Crippen LogP contribution in [0.5, 0.6) is 5.75 Å². The second-order valence-corrected chi connectivity index (χ2v) is 12.3. The number of ether oxygens (including phenoxy) is 2. The molecule has 41 heavy (non-hydrogen) atoms. The highest BCUT2D eigenvalue weighted by molar-refractivity contribution is 5.92. The van der Waals surface area contributed by atoms with Gasteiger partial charge in [-0.15, -0.1) is 0 Å². The maximum absolute atomic E-state index is 13.7. The number of para-hydroxylation sites is 1.